The molecule has 1 aliphatic carbocycles. The molecule has 0 aliphatic heterocycles. The van der Waals surface area contributed by atoms with E-state index in [2.05, 4.69) is 41.5 Å². The van der Waals surface area contributed by atoms with Crippen molar-refractivity contribution in [3.05, 3.63) is 5.82 Å². The second-order valence-electron chi connectivity index (χ2n) is 6.94. The second-order valence-corrected chi connectivity index (χ2v) is 6.94. The van der Waals surface area contributed by atoms with Gasteiger partial charge in [-0.05, 0) is 67.7 Å². The molecule has 0 amide bonds. The van der Waals surface area contributed by atoms with Crippen molar-refractivity contribution in [3.63, 3.8) is 0 Å². The van der Waals surface area contributed by atoms with Crippen molar-refractivity contribution >= 4 is 0 Å². The van der Waals surface area contributed by atoms with E-state index in [-0.39, 0.29) is 0 Å². The van der Waals surface area contributed by atoms with Crippen molar-refractivity contribution in [2.45, 2.75) is 52.9 Å². The molecule has 0 aromatic carbocycles. The van der Waals surface area contributed by atoms with Crippen molar-refractivity contribution in [1.29, 1.82) is 0 Å². The van der Waals surface area contributed by atoms with E-state index in [0.717, 1.165) is 43.1 Å². The molecule has 2 rings (SSSR count). The van der Waals surface area contributed by atoms with Crippen LogP contribution in [0.4, 0.5) is 0 Å². The minimum atomic E-state index is 0.694. The molecule has 1 heterocycles. The molecule has 1 fully saturated rings. The zero-order chi connectivity index (χ0) is 15.2. The van der Waals surface area contributed by atoms with Crippen LogP contribution in [-0.4, -0.2) is 33.3 Å². The van der Waals surface area contributed by atoms with Crippen molar-refractivity contribution < 1.29 is 0 Å². The van der Waals surface area contributed by atoms with Crippen LogP contribution in [0, 0.1) is 23.7 Å². The molecular formula is C16H31N5. The van der Waals surface area contributed by atoms with E-state index in [1.165, 1.54) is 25.7 Å². The third-order valence-electron chi connectivity index (χ3n) is 4.95. The fourth-order valence-corrected chi connectivity index (χ4v) is 3.59. The van der Waals surface area contributed by atoms with E-state index in [1.807, 2.05) is 7.05 Å². The lowest BCUT2D eigenvalue weighted by atomic mass is 9.69. The molecule has 1 aromatic rings. The lowest BCUT2D eigenvalue weighted by Crippen LogP contribution is -2.35. The Morgan fingerprint density at radius 2 is 2.10 bits per heavy atom. The Hall–Kier alpha value is -0.970. The smallest absolute Gasteiger partial charge is 0.175 e. The maximum Gasteiger partial charge on any atom is 0.175 e. The molecular weight excluding hydrogens is 262 g/mol. The van der Waals surface area contributed by atoms with Gasteiger partial charge in [-0.2, -0.15) is 4.80 Å². The standard InChI is InChI=1S/C16H31N5/c1-5-8-17-11-14-7-6-13(12(2)3)9-15(14)10-16-18-20-21(4)19-16/h12-15,17H,5-11H2,1-4H3. The molecule has 5 heteroatoms. The van der Waals surface area contributed by atoms with Crippen LogP contribution in [0.15, 0.2) is 0 Å². The van der Waals surface area contributed by atoms with Crippen molar-refractivity contribution in [1.82, 2.24) is 25.5 Å². The highest BCUT2D eigenvalue weighted by molar-refractivity contribution is 4.89. The van der Waals surface area contributed by atoms with Gasteiger partial charge in [-0.25, -0.2) is 0 Å². The average molecular weight is 293 g/mol. The maximum absolute atomic E-state index is 4.38. The molecule has 1 saturated carbocycles. The number of aryl methyl sites for hydroxylation is 1. The van der Waals surface area contributed by atoms with Crippen LogP contribution < -0.4 is 5.32 Å². The van der Waals surface area contributed by atoms with Gasteiger partial charge in [0.05, 0.1) is 7.05 Å². The lowest BCUT2D eigenvalue weighted by molar-refractivity contribution is 0.143. The number of nitrogens with zero attached hydrogens (tertiary/aromatic N) is 4. The minimum Gasteiger partial charge on any atom is -0.316 e. The van der Waals surface area contributed by atoms with Gasteiger partial charge in [0.15, 0.2) is 5.82 Å². The number of hydrogen-bond donors (Lipinski definition) is 1. The van der Waals surface area contributed by atoms with E-state index < -0.39 is 0 Å². The van der Waals surface area contributed by atoms with Crippen LogP contribution in [0.5, 0.6) is 0 Å². The van der Waals surface area contributed by atoms with Gasteiger partial charge < -0.3 is 5.32 Å². The minimum absolute atomic E-state index is 0.694. The molecule has 0 radical (unpaired) electrons. The fraction of sp³-hybridized carbons (Fsp3) is 0.938. The van der Waals surface area contributed by atoms with Crippen LogP contribution in [0.2, 0.25) is 0 Å². The van der Waals surface area contributed by atoms with Gasteiger partial charge >= 0.3 is 0 Å². The van der Waals surface area contributed by atoms with Crippen molar-refractivity contribution in [2.75, 3.05) is 13.1 Å². The summed E-state index contributed by atoms with van der Waals surface area (Å²) in [6, 6.07) is 0. The lowest BCUT2D eigenvalue weighted by Gasteiger charge is -2.37. The summed E-state index contributed by atoms with van der Waals surface area (Å²) in [4.78, 5) is 1.57. The molecule has 3 atom stereocenters. The maximum atomic E-state index is 4.38. The average Bonchev–Trinajstić information content (AvgIpc) is 2.85. The molecule has 0 saturated heterocycles. The zero-order valence-electron chi connectivity index (χ0n) is 14.0. The quantitative estimate of drug-likeness (QED) is 0.785. The molecule has 1 aliphatic rings. The SMILES string of the molecule is CCCNCC1CCC(C(C)C)CC1Cc1nnn(C)n1. The van der Waals surface area contributed by atoms with Gasteiger partial charge in [-0.3, -0.25) is 0 Å². The summed E-state index contributed by atoms with van der Waals surface area (Å²) >= 11 is 0. The molecule has 0 spiro atoms. The van der Waals surface area contributed by atoms with E-state index >= 15 is 0 Å². The number of nitrogens with one attached hydrogen (secondary N) is 1. The summed E-state index contributed by atoms with van der Waals surface area (Å²) < 4.78 is 0. The topological polar surface area (TPSA) is 55.6 Å². The Balaban J connectivity index is 1.97. The van der Waals surface area contributed by atoms with Crippen molar-refractivity contribution in [3.8, 4) is 0 Å². The Labute approximate surface area is 128 Å². The predicted molar refractivity (Wildman–Crippen MR) is 84.8 cm³/mol. The molecule has 1 N–H and O–H groups in total. The van der Waals surface area contributed by atoms with Crippen LogP contribution in [0.1, 0.15) is 52.3 Å². The molecule has 0 bridgehead atoms. The Bertz CT molecular complexity index is 415. The summed E-state index contributed by atoms with van der Waals surface area (Å²) in [6.07, 6.45) is 6.21. The Morgan fingerprint density at radius 1 is 1.29 bits per heavy atom. The van der Waals surface area contributed by atoms with E-state index in [9.17, 15) is 0 Å². The first-order valence-electron chi connectivity index (χ1n) is 8.53. The molecule has 5 nitrogen and oxygen atoms in total. The number of tetrazole rings is 1. The number of rotatable bonds is 7. The second kappa shape index (κ2) is 7.87. The monoisotopic (exact) mass is 293 g/mol. The normalized spacial score (nSPS) is 26.4. The summed E-state index contributed by atoms with van der Waals surface area (Å²) in [6.45, 7) is 9.21. The van der Waals surface area contributed by atoms with E-state index in [4.69, 9.17) is 0 Å². The van der Waals surface area contributed by atoms with Gasteiger partial charge in [0, 0.05) is 6.42 Å². The van der Waals surface area contributed by atoms with Gasteiger partial charge in [-0.1, -0.05) is 20.8 Å². The van der Waals surface area contributed by atoms with E-state index in [1.54, 1.807) is 4.80 Å². The fourth-order valence-electron chi connectivity index (χ4n) is 3.59. The van der Waals surface area contributed by atoms with Gasteiger partial charge in [0.1, 0.15) is 0 Å². The zero-order valence-corrected chi connectivity index (χ0v) is 14.0. The number of aromatic nitrogens is 4. The van der Waals surface area contributed by atoms with E-state index in [0.29, 0.717) is 5.92 Å². The third kappa shape index (κ3) is 4.77. The summed E-state index contributed by atoms with van der Waals surface area (Å²) in [5, 5.41) is 16.2. The number of hydrogen-bond acceptors (Lipinski definition) is 4. The van der Waals surface area contributed by atoms with Crippen LogP contribution in [-0.2, 0) is 13.5 Å². The molecule has 3 unspecified atom stereocenters. The van der Waals surface area contributed by atoms with Crippen molar-refractivity contribution in [2.24, 2.45) is 30.7 Å². The summed E-state index contributed by atoms with van der Waals surface area (Å²) in [7, 11) is 1.84. The highest BCUT2D eigenvalue weighted by Crippen LogP contribution is 2.38. The first-order chi connectivity index (χ1) is 10.1. The van der Waals surface area contributed by atoms with Gasteiger partial charge in [0.2, 0.25) is 0 Å². The van der Waals surface area contributed by atoms with Crippen LogP contribution in [0.3, 0.4) is 0 Å². The van der Waals surface area contributed by atoms with Gasteiger partial charge in [0.25, 0.3) is 0 Å². The summed E-state index contributed by atoms with van der Waals surface area (Å²) in [5.74, 6) is 4.00. The third-order valence-corrected chi connectivity index (χ3v) is 4.95. The summed E-state index contributed by atoms with van der Waals surface area (Å²) in [5.41, 5.74) is 0. The van der Waals surface area contributed by atoms with Crippen LogP contribution >= 0.6 is 0 Å². The first kappa shape index (κ1) is 16.4. The largest absolute Gasteiger partial charge is 0.316 e. The Morgan fingerprint density at radius 3 is 2.71 bits per heavy atom. The highest BCUT2D eigenvalue weighted by Gasteiger charge is 2.32. The molecule has 120 valence electrons. The molecule has 21 heavy (non-hydrogen) atoms. The first-order valence-corrected chi connectivity index (χ1v) is 8.53. The Kier molecular flexibility index (Phi) is 6.15. The van der Waals surface area contributed by atoms with Gasteiger partial charge in [-0.15, -0.1) is 10.2 Å². The van der Waals surface area contributed by atoms with Crippen LogP contribution in [0.25, 0.3) is 0 Å². The molecule has 1 aromatic heterocycles. The predicted octanol–water partition coefficient (Wildman–Crippen LogP) is 2.44. The highest BCUT2D eigenvalue weighted by atomic mass is 15.6.